The molecule has 118 valence electrons. The highest BCUT2D eigenvalue weighted by atomic mass is 15.1. The van der Waals surface area contributed by atoms with E-state index in [4.69, 9.17) is 10.7 Å². The number of rotatable bonds is 3. The number of aromatic nitrogens is 2. The number of nitrogens with zero attached hydrogens (tertiary/aromatic N) is 2. The molecule has 1 aromatic heterocycles. The van der Waals surface area contributed by atoms with Gasteiger partial charge in [-0.3, -0.25) is 0 Å². The van der Waals surface area contributed by atoms with E-state index in [9.17, 15) is 0 Å². The van der Waals surface area contributed by atoms with E-state index < -0.39 is 0 Å². The molecule has 2 unspecified atom stereocenters. The summed E-state index contributed by atoms with van der Waals surface area (Å²) >= 11 is 0. The molecule has 0 aromatic carbocycles. The summed E-state index contributed by atoms with van der Waals surface area (Å²) in [7, 11) is 0. The Labute approximate surface area is 128 Å². The van der Waals surface area contributed by atoms with E-state index in [1.807, 2.05) is 6.92 Å². The highest BCUT2D eigenvalue weighted by molar-refractivity contribution is 5.55. The lowest BCUT2D eigenvalue weighted by atomic mass is 9.80. The number of hydrogen-bond donors (Lipinski definition) is 2. The van der Waals surface area contributed by atoms with Crippen LogP contribution in [-0.4, -0.2) is 16.5 Å². The summed E-state index contributed by atoms with van der Waals surface area (Å²) in [5, 5.41) is 3.54. The molecule has 21 heavy (non-hydrogen) atoms. The maximum Gasteiger partial charge on any atom is 0.138 e. The molecule has 0 amide bonds. The van der Waals surface area contributed by atoms with Gasteiger partial charge >= 0.3 is 0 Å². The molecule has 0 spiro atoms. The van der Waals surface area contributed by atoms with Crippen molar-refractivity contribution in [1.29, 1.82) is 0 Å². The zero-order valence-corrected chi connectivity index (χ0v) is 14.2. The second-order valence-corrected chi connectivity index (χ2v) is 7.56. The van der Waals surface area contributed by atoms with Crippen molar-refractivity contribution < 1.29 is 0 Å². The van der Waals surface area contributed by atoms with Crippen LogP contribution in [0.15, 0.2) is 0 Å². The largest absolute Gasteiger partial charge is 0.383 e. The van der Waals surface area contributed by atoms with Crippen molar-refractivity contribution in [3.8, 4) is 0 Å². The Kier molecular flexibility index (Phi) is 4.74. The summed E-state index contributed by atoms with van der Waals surface area (Å²) in [6.45, 7) is 11.7. The summed E-state index contributed by atoms with van der Waals surface area (Å²) in [6.07, 6.45) is 5.41. The third kappa shape index (κ3) is 3.86. The number of nitrogens with one attached hydrogen (secondary N) is 1. The molecule has 0 bridgehead atoms. The second kappa shape index (κ2) is 6.20. The first-order chi connectivity index (χ1) is 9.79. The highest BCUT2D eigenvalue weighted by Crippen LogP contribution is 2.30. The monoisotopic (exact) mass is 290 g/mol. The van der Waals surface area contributed by atoms with Gasteiger partial charge in [0.2, 0.25) is 0 Å². The average Bonchev–Trinajstić information content (AvgIpc) is 2.40. The van der Waals surface area contributed by atoms with Crippen LogP contribution in [0.2, 0.25) is 0 Å². The van der Waals surface area contributed by atoms with Crippen molar-refractivity contribution >= 4 is 11.6 Å². The summed E-state index contributed by atoms with van der Waals surface area (Å²) in [6, 6.07) is 0. The molecule has 1 aliphatic rings. The Morgan fingerprint density at radius 1 is 1.19 bits per heavy atom. The first-order valence-corrected chi connectivity index (χ1v) is 8.17. The van der Waals surface area contributed by atoms with Crippen molar-refractivity contribution in [3.63, 3.8) is 0 Å². The molecule has 1 aliphatic carbocycles. The third-order valence-electron chi connectivity index (χ3n) is 4.68. The van der Waals surface area contributed by atoms with Crippen molar-refractivity contribution in [3.05, 3.63) is 11.4 Å². The molecular formula is C17H30N4. The molecule has 0 saturated heterocycles. The van der Waals surface area contributed by atoms with E-state index in [1.54, 1.807) is 0 Å². The topological polar surface area (TPSA) is 63.8 Å². The van der Waals surface area contributed by atoms with Crippen molar-refractivity contribution in [1.82, 2.24) is 9.97 Å². The predicted octanol–water partition coefficient (Wildman–Crippen LogP) is 3.90. The van der Waals surface area contributed by atoms with Gasteiger partial charge in [-0.05, 0) is 25.2 Å². The van der Waals surface area contributed by atoms with E-state index in [2.05, 4.69) is 38.0 Å². The molecule has 4 heteroatoms. The van der Waals surface area contributed by atoms with Crippen molar-refractivity contribution in [2.24, 2.45) is 11.8 Å². The lowest BCUT2D eigenvalue weighted by Gasteiger charge is -2.29. The standard InChI is InChI=1S/C17H30N4/c1-11-8-6-7-9-13(11)10-19-15-12(2)14(18)20-16(21-15)17(3,4)5/h11,13H,6-10H2,1-5H3,(H3,18,19,20,21). The van der Waals surface area contributed by atoms with Gasteiger partial charge in [-0.2, -0.15) is 0 Å². The molecule has 1 fully saturated rings. The van der Waals surface area contributed by atoms with E-state index in [0.29, 0.717) is 5.82 Å². The zero-order chi connectivity index (χ0) is 15.6. The summed E-state index contributed by atoms with van der Waals surface area (Å²) < 4.78 is 0. The third-order valence-corrected chi connectivity index (χ3v) is 4.68. The van der Waals surface area contributed by atoms with E-state index in [1.165, 1.54) is 25.7 Å². The molecule has 3 N–H and O–H groups in total. The van der Waals surface area contributed by atoms with Gasteiger partial charge in [0.1, 0.15) is 17.5 Å². The zero-order valence-electron chi connectivity index (χ0n) is 14.2. The summed E-state index contributed by atoms with van der Waals surface area (Å²) in [4.78, 5) is 9.15. The van der Waals surface area contributed by atoms with Crippen LogP contribution < -0.4 is 11.1 Å². The minimum atomic E-state index is -0.0869. The van der Waals surface area contributed by atoms with Crippen LogP contribution in [0.1, 0.15) is 64.8 Å². The first kappa shape index (κ1) is 16.1. The van der Waals surface area contributed by atoms with E-state index in [-0.39, 0.29) is 5.41 Å². The lowest BCUT2D eigenvalue weighted by molar-refractivity contribution is 0.268. The highest BCUT2D eigenvalue weighted by Gasteiger charge is 2.23. The van der Waals surface area contributed by atoms with Gasteiger partial charge in [0.15, 0.2) is 0 Å². The van der Waals surface area contributed by atoms with Gasteiger partial charge in [0.25, 0.3) is 0 Å². The minimum absolute atomic E-state index is 0.0869. The molecule has 0 aliphatic heterocycles. The number of hydrogen-bond acceptors (Lipinski definition) is 4. The Morgan fingerprint density at radius 2 is 1.86 bits per heavy atom. The summed E-state index contributed by atoms with van der Waals surface area (Å²) in [5.41, 5.74) is 6.94. The van der Waals surface area contributed by atoms with Crippen molar-refractivity contribution in [2.75, 3.05) is 17.6 Å². The molecule has 1 heterocycles. The quantitative estimate of drug-likeness (QED) is 0.886. The Morgan fingerprint density at radius 3 is 2.48 bits per heavy atom. The van der Waals surface area contributed by atoms with Crippen molar-refractivity contribution in [2.45, 2.75) is 65.7 Å². The van der Waals surface area contributed by atoms with Gasteiger partial charge in [-0.15, -0.1) is 0 Å². The Balaban J connectivity index is 2.13. The normalized spacial score (nSPS) is 23.1. The van der Waals surface area contributed by atoms with Crippen LogP contribution in [0.4, 0.5) is 11.6 Å². The van der Waals surface area contributed by atoms with Gasteiger partial charge in [0.05, 0.1) is 0 Å². The van der Waals surface area contributed by atoms with Crippen LogP contribution in [-0.2, 0) is 5.41 Å². The SMILES string of the molecule is Cc1c(N)nc(C(C)(C)C)nc1NCC1CCCCC1C. The van der Waals surface area contributed by atoms with Gasteiger partial charge in [-0.25, -0.2) is 9.97 Å². The molecule has 1 aromatic rings. The molecule has 0 radical (unpaired) electrons. The minimum Gasteiger partial charge on any atom is -0.383 e. The Hall–Kier alpha value is -1.32. The fraction of sp³-hybridized carbons (Fsp3) is 0.765. The number of nitrogen functional groups attached to an aromatic ring is 1. The van der Waals surface area contributed by atoms with Gasteiger partial charge < -0.3 is 11.1 Å². The van der Waals surface area contributed by atoms with Crippen LogP contribution in [0.3, 0.4) is 0 Å². The number of nitrogens with two attached hydrogens (primary N) is 1. The maximum atomic E-state index is 6.06. The van der Waals surface area contributed by atoms with Crippen LogP contribution in [0.25, 0.3) is 0 Å². The number of anilines is 2. The average molecular weight is 290 g/mol. The predicted molar refractivity (Wildman–Crippen MR) is 89.5 cm³/mol. The fourth-order valence-electron chi connectivity index (χ4n) is 2.97. The molecule has 2 rings (SSSR count). The first-order valence-electron chi connectivity index (χ1n) is 8.17. The lowest BCUT2D eigenvalue weighted by Crippen LogP contribution is -2.26. The van der Waals surface area contributed by atoms with Crippen LogP contribution in [0.5, 0.6) is 0 Å². The maximum absolute atomic E-state index is 6.06. The van der Waals surface area contributed by atoms with Gasteiger partial charge in [-0.1, -0.05) is 47.0 Å². The fourth-order valence-corrected chi connectivity index (χ4v) is 2.97. The molecule has 4 nitrogen and oxygen atoms in total. The smallest absolute Gasteiger partial charge is 0.138 e. The van der Waals surface area contributed by atoms with E-state index in [0.717, 1.165) is 35.6 Å². The molecule has 1 saturated carbocycles. The van der Waals surface area contributed by atoms with Crippen LogP contribution >= 0.6 is 0 Å². The summed E-state index contributed by atoms with van der Waals surface area (Å²) in [5.74, 6) is 3.85. The second-order valence-electron chi connectivity index (χ2n) is 7.56. The van der Waals surface area contributed by atoms with Crippen LogP contribution in [0, 0.1) is 18.8 Å². The molecular weight excluding hydrogens is 260 g/mol. The van der Waals surface area contributed by atoms with Gasteiger partial charge in [0, 0.05) is 17.5 Å². The Bertz CT molecular complexity index is 490. The molecule has 2 atom stereocenters. The van der Waals surface area contributed by atoms with E-state index >= 15 is 0 Å².